The number of fused-ring (bicyclic) bond motifs is 2. The molecule has 0 aliphatic carbocycles. The van der Waals surface area contributed by atoms with Gasteiger partial charge >= 0.3 is 0 Å². The molecule has 0 unspecified atom stereocenters. The molecule has 5 nitrogen and oxygen atoms in total. The van der Waals surface area contributed by atoms with Crippen LogP contribution in [0.2, 0.25) is 0 Å². The number of hydrogen-bond acceptors (Lipinski definition) is 4. The van der Waals surface area contributed by atoms with Gasteiger partial charge in [0.15, 0.2) is 0 Å². The maximum absolute atomic E-state index is 13.5. The number of rotatable bonds is 5. The first-order valence-electron chi connectivity index (χ1n) is 13.1. The minimum atomic E-state index is -3.55. The van der Waals surface area contributed by atoms with Crippen LogP contribution in [-0.4, -0.2) is 50.3 Å². The molecule has 0 atom stereocenters. The van der Waals surface area contributed by atoms with Crippen LogP contribution in [0.1, 0.15) is 40.6 Å². The summed E-state index contributed by atoms with van der Waals surface area (Å²) in [6.45, 7) is 2.59. The number of amides is 1. The number of nitrogens with zero attached hydrogens (tertiary/aromatic N) is 2. The summed E-state index contributed by atoms with van der Waals surface area (Å²) in [4.78, 5) is 18.6. The van der Waals surface area contributed by atoms with E-state index in [0.29, 0.717) is 42.4 Å². The van der Waals surface area contributed by atoms with Crippen molar-refractivity contribution in [1.82, 2.24) is 9.80 Å². The second-order valence-corrected chi connectivity index (χ2v) is 11.9. The maximum Gasteiger partial charge on any atom is 0.223 e. The van der Waals surface area contributed by atoms with Gasteiger partial charge in [0.05, 0.1) is 15.8 Å². The number of carbonyl (C=O) groups excluding carboxylic acids is 1. The van der Waals surface area contributed by atoms with Crippen LogP contribution in [0, 0.1) is 0 Å². The van der Waals surface area contributed by atoms with E-state index < -0.39 is 9.84 Å². The third-order valence-corrected chi connectivity index (χ3v) is 9.72. The minimum absolute atomic E-state index is 0. The molecular formula is C32H31ClN2O3S. The van der Waals surface area contributed by atoms with Crippen molar-refractivity contribution in [1.29, 1.82) is 0 Å². The Morgan fingerprint density at radius 2 is 1.10 bits per heavy atom. The Bertz CT molecular complexity index is 1460. The predicted octanol–water partition coefficient (Wildman–Crippen LogP) is 5.71. The quantitative estimate of drug-likeness (QED) is 0.315. The highest BCUT2D eigenvalue weighted by Gasteiger charge is 2.39. The van der Waals surface area contributed by atoms with Gasteiger partial charge in [0.1, 0.15) is 0 Å². The molecule has 2 heterocycles. The smallest absolute Gasteiger partial charge is 0.223 e. The summed E-state index contributed by atoms with van der Waals surface area (Å²) in [7, 11) is -3.55. The number of hydrogen-bond donors (Lipinski definition) is 0. The van der Waals surface area contributed by atoms with E-state index in [1.165, 1.54) is 0 Å². The van der Waals surface area contributed by atoms with E-state index in [9.17, 15) is 13.2 Å². The van der Waals surface area contributed by atoms with E-state index in [2.05, 4.69) is 29.2 Å². The molecule has 0 aromatic heterocycles. The topological polar surface area (TPSA) is 57.7 Å². The fraction of sp³-hybridized carbons (Fsp3) is 0.219. The largest absolute Gasteiger partial charge is 0.340 e. The summed E-state index contributed by atoms with van der Waals surface area (Å²) < 4.78 is 26.7. The van der Waals surface area contributed by atoms with E-state index in [0.717, 1.165) is 22.3 Å². The summed E-state index contributed by atoms with van der Waals surface area (Å²) in [6, 6.07) is 35.0. The molecule has 1 fully saturated rings. The van der Waals surface area contributed by atoms with Gasteiger partial charge in [-0.1, -0.05) is 97.1 Å². The van der Waals surface area contributed by atoms with E-state index in [-0.39, 0.29) is 30.3 Å². The lowest BCUT2D eigenvalue weighted by molar-refractivity contribution is -0.133. The lowest BCUT2D eigenvalue weighted by Gasteiger charge is -2.42. The van der Waals surface area contributed by atoms with Gasteiger partial charge in [-0.25, -0.2) is 8.42 Å². The number of sulfone groups is 1. The van der Waals surface area contributed by atoms with Crippen LogP contribution in [-0.2, 0) is 14.6 Å². The lowest BCUT2D eigenvalue weighted by Crippen LogP contribution is -2.50. The number of halogens is 1. The number of carbonyl (C=O) groups is 1. The van der Waals surface area contributed by atoms with Gasteiger partial charge in [0.25, 0.3) is 0 Å². The van der Waals surface area contributed by atoms with Crippen LogP contribution in [0.4, 0.5) is 0 Å². The van der Waals surface area contributed by atoms with Crippen LogP contribution in [0.15, 0.2) is 119 Å². The Kier molecular flexibility index (Phi) is 7.89. The highest BCUT2D eigenvalue weighted by atomic mass is 35.5. The zero-order valence-corrected chi connectivity index (χ0v) is 23.2. The van der Waals surface area contributed by atoms with Crippen molar-refractivity contribution in [3.05, 3.63) is 131 Å². The van der Waals surface area contributed by atoms with Crippen molar-refractivity contribution < 1.29 is 13.2 Å². The van der Waals surface area contributed by atoms with Crippen molar-refractivity contribution >= 4 is 28.2 Å². The van der Waals surface area contributed by atoms with Gasteiger partial charge in [-0.05, 0) is 34.4 Å². The highest BCUT2D eigenvalue weighted by molar-refractivity contribution is 7.91. The summed E-state index contributed by atoms with van der Waals surface area (Å²) in [5.41, 5.74) is 3.92. The summed E-state index contributed by atoms with van der Waals surface area (Å²) in [5, 5.41) is 0. The van der Waals surface area contributed by atoms with Crippen LogP contribution in [0.5, 0.6) is 0 Å². The first kappa shape index (κ1) is 27.1. The van der Waals surface area contributed by atoms with Crippen LogP contribution < -0.4 is 0 Å². The molecule has 2 aliphatic rings. The summed E-state index contributed by atoms with van der Waals surface area (Å²) >= 11 is 0. The first-order valence-corrected chi connectivity index (χ1v) is 14.6. The number of piperazine rings is 1. The van der Waals surface area contributed by atoms with Gasteiger partial charge in [0, 0.05) is 38.5 Å². The molecule has 1 amide bonds. The van der Waals surface area contributed by atoms with Gasteiger partial charge < -0.3 is 4.90 Å². The molecule has 39 heavy (non-hydrogen) atoms. The summed E-state index contributed by atoms with van der Waals surface area (Å²) in [6.07, 6.45) is 0.418. The molecule has 200 valence electrons. The van der Waals surface area contributed by atoms with E-state index in [1.807, 2.05) is 65.6 Å². The molecule has 4 aromatic carbocycles. The van der Waals surface area contributed by atoms with E-state index in [4.69, 9.17) is 0 Å². The standard InChI is InChI=1S/C32H30N2O3S.ClH/c35-31(23-28(24-11-3-1-4-12-24)25-13-5-2-6-14-25)33-19-21-34(22-20-33)32-26-15-7-9-17-29(26)38(36,37)30-18-10-8-16-27(30)32;/h1-18,28,32H,19-23H2;1H. The highest BCUT2D eigenvalue weighted by Crippen LogP contribution is 2.43. The van der Waals surface area contributed by atoms with Crippen molar-refractivity contribution in [2.24, 2.45) is 0 Å². The Balaban J connectivity index is 0.00000308. The van der Waals surface area contributed by atoms with Crippen molar-refractivity contribution in [2.75, 3.05) is 26.2 Å². The van der Waals surface area contributed by atoms with Gasteiger partial charge in [-0.15, -0.1) is 12.4 Å². The Morgan fingerprint density at radius 3 is 1.59 bits per heavy atom. The van der Waals surface area contributed by atoms with Crippen LogP contribution in [0.3, 0.4) is 0 Å². The molecule has 0 bridgehead atoms. The normalized spacial score (nSPS) is 16.7. The maximum atomic E-state index is 13.5. The molecule has 0 N–H and O–H groups in total. The molecule has 1 saturated heterocycles. The Morgan fingerprint density at radius 1 is 0.667 bits per heavy atom. The summed E-state index contributed by atoms with van der Waals surface area (Å²) in [5.74, 6) is 0.152. The molecule has 2 aliphatic heterocycles. The molecular weight excluding hydrogens is 528 g/mol. The average molecular weight is 559 g/mol. The predicted molar refractivity (Wildman–Crippen MR) is 155 cm³/mol. The second kappa shape index (κ2) is 11.3. The minimum Gasteiger partial charge on any atom is -0.340 e. The van der Waals surface area contributed by atoms with Crippen molar-refractivity contribution in [2.45, 2.75) is 28.2 Å². The van der Waals surface area contributed by atoms with Crippen molar-refractivity contribution in [3.63, 3.8) is 0 Å². The molecule has 0 saturated carbocycles. The zero-order chi connectivity index (χ0) is 26.1. The van der Waals surface area contributed by atoms with Crippen molar-refractivity contribution in [3.8, 4) is 0 Å². The van der Waals surface area contributed by atoms with E-state index in [1.54, 1.807) is 24.3 Å². The molecule has 0 radical (unpaired) electrons. The number of benzene rings is 4. The second-order valence-electron chi connectivity index (χ2n) is 9.98. The molecule has 7 heteroatoms. The molecule has 6 rings (SSSR count). The average Bonchev–Trinajstić information content (AvgIpc) is 2.97. The fourth-order valence-corrected chi connectivity index (χ4v) is 7.65. The Hall–Kier alpha value is -3.45. The Labute approximate surface area is 236 Å². The molecule has 4 aromatic rings. The zero-order valence-electron chi connectivity index (χ0n) is 21.5. The monoisotopic (exact) mass is 558 g/mol. The van der Waals surface area contributed by atoms with Crippen LogP contribution in [0.25, 0.3) is 0 Å². The van der Waals surface area contributed by atoms with Gasteiger partial charge in [-0.3, -0.25) is 9.69 Å². The SMILES string of the molecule is Cl.O=C(CC(c1ccccc1)c1ccccc1)N1CCN(C2c3ccccc3S(=O)(=O)c3ccccc32)CC1. The van der Waals surface area contributed by atoms with Gasteiger partial charge in [-0.2, -0.15) is 0 Å². The van der Waals surface area contributed by atoms with Crippen LogP contribution >= 0.6 is 12.4 Å². The molecule has 0 spiro atoms. The third kappa shape index (κ3) is 5.12. The van der Waals surface area contributed by atoms with Gasteiger partial charge in [0.2, 0.25) is 15.7 Å². The fourth-order valence-electron chi connectivity index (χ4n) is 5.91. The lowest BCUT2D eigenvalue weighted by atomic mass is 9.88. The first-order chi connectivity index (χ1) is 18.5. The van der Waals surface area contributed by atoms with E-state index >= 15 is 0 Å². The third-order valence-electron chi connectivity index (χ3n) is 7.82.